The van der Waals surface area contributed by atoms with Gasteiger partial charge in [-0.15, -0.1) is 0 Å². The lowest BCUT2D eigenvalue weighted by atomic mass is 10.1. The number of ether oxygens (including phenoxy) is 2. The summed E-state index contributed by atoms with van der Waals surface area (Å²) in [6.07, 6.45) is 5.72. The minimum atomic E-state index is -0.377. The average Bonchev–Trinajstić information content (AvgIpc) is 3.13. The number of allylic oxidation sites excluding steroid dienone is 1. The molecule has 3 aromatic rings. The molecule has 0 spiro atoms. The van der Waals surface area contributed by atoms with E-state index in [0.717, 1.165) is 11.1 Å². The predicted molar refractivity (Wildman–Crippen MR) is 112 cm³/mol. The van der Waals surface area contributed by atoms with Gasteiger partial charge in [0.2, 0.25) is 5.78 Å². The van der Waals surface area contributed by atoms with Crippen LogP contribution in [0.15, 0.2) is 66.9 Å². The summed E-state index contributed by atoms with van der Waals surface area (Å²) in [7, 11) is 2.96. The summed E-state index contributed by atoms with van der Waals surface area (Å²) in [5.74, 6) is 0.280. The fraction of sp³-hybridized carbons (Fsp3) is 0.167. The molecule has 1 heterocycles. The second-order valence-corrected chi connectivity index (χ2v) is 6.59. The van der Waals surface area contributed by atoms with Crippen molar-refractivity contribution in [2.24, 2.45) is 0 Å². The number of carbonyl (C=O) groups excluding carboxylic acids is 2. The molecule has 0 fully saturated rings. The van der Waals surface area contributed by atoms with Crippen LogP contribution in [0.4, 0.5) is 0 Å². The van der Waals surface area contributed by atoms with E-state index in [2.05, 4.69) is 0 Å². The molecule has 5 nitrogen and oxygen atoms in total. The van der Waals surface area contributed by atoms with Crippen molar-refractivity contribution in [3.05, 3.63) is 94.8 Å². The zero-order valence-corrected chi connectivity index (χ0v) is 16.7. The Kier molecular flexibility index (Phi) is 6.29. The van der Waals surface area contributed by atoms with Crippen molar-refractivity contribution in [1.29, 1.82) is 0 Å². The van der Waals surface area contributed by atoms with Crippen LogP contribution >= 0.6 is 0 Å². The van der Waals surface area contributed by atoms with Gasteiger partial charge in [-0.1, -0.05) is 30.4 Å². The van der Waals surface area contributed by atoms with Gasteiger partial charge in [0.05, 0.1) is 25.5 Å². The van der Waals surface area contributed by atoms with Crippen molar-refractivity contribution < 1.29 is 19.1 Å². The quantitative estimate of drug-likeness (QED) is 0.440. The lowest BCUT2D eigenvalue weighted by Crippen LogP contribution is -2.09. The van der Waals surface area contributed by atoms with E-state index < -0.39 is 0 Å². The number of hydrogen-bond donors (Lipinski definition) is 0. The first-order valence-electron chi connectivity index (χ1n) is 9.23. The molecule has 0 unspecified atom stereocenters. The third-order valence-electron chi connectivity index (χ3n) is 4.58. The number of ketones is 1. The molecule has 148 valence electrons. The maximum atomic E-state index is 12.9. The Hall–Kier alpha value is -3.60. The van der Waals surface area contributed by atoms with Crippen LogP contribution in [0.3, 0.4) is 0 Å². The summed E-state index contributed by atoms with van der Waals surface area (Å²) in [6.45, 7) is 2.46. The maximum Gasteiger partial charge on any atom is 0.338 e. The van der Waals surface area contributed by atoms with Gasteiger partial charge in [0, 0.05) is 18.3 Å². The first-order valence-corrected chi connectivity index (χ1v) is 9.23. The molecule has 0 aliphatic heterocycles. The molecule has 1 aromatic heterocycles. The molecule has 3 rings (SSSR count). The standard InChI is InChI=1S/C24H23NO4/c1-17-15-22(23(26)19-10-12-20(28-2)13-11-19)25(16-17)14-6-8-18-7-4-5-9-21(18)24(27)29-3/h4-13,15-16H,14H2,1-3H3/b8-6+. The molecule has 0 saturated heterocycles. The van der Waals surface area contributed by atoms with Crippen LogP contribution in [-0.2, 0) is 11.3 Å². The van der Waals surface area contributed by atoms with Crippen molar-refractivity contribution in [2.75, 3.05) is 14.2 Å². The minimum Gasteiger partial charge on any atom is -0.497 e. The van der Waals surface area contributed by atoms with E-state index in [1.807, 2.05) is 48.0 Å². The number of rotatable bonds is 7. The number of carbonyl (C=O) groups is 2. The number of benzene rings is 2. The van der Waals surface area contributed by atoms with Crippen molar-refractivity contribution in [3.8, 4) is 5.75 Å². The van der Waals surface area contributed by atoms with Gasteiger partial charge in [-0.2, -0.15) is 0 Å². The van der Waals surface area contributed by atoms with Crippen LogP contribution in [0, 0.1) is 6.92 Å². The van der Waals surface area contributed by atoms with Crippen molar-refractivity contribution >= 4 is 17.8 Å². The van der Waals surface area contributed by atoms with Gasteiger partial charge in [-0.25, -0.2) is 4.79 Å². The molecule has 0 bridgehead atoms. The SMILES string of the molecule is COC(=O)c1ccccc1/C=C/Cn1cc(C)cc1C(=O)c1ccc(OC)cc1. The third-order valence-corrected chi connectivity index (χ3v) is 4.58. The molecule has 5 heteroatoms. The summed E-state index contributed by atoms with van der Waals surface area (Å²) in [6, 6.07) is 16.2. The molecule has 0 amide bonds. The molecule has 0 atom stereocenters. The Morgan fingerprint density at radius 1 is 1.03 bits per heavy atom. The van der Waals surface area contributed by atoms with Crippen molar-refractivity contribution in [2.45, 2.75) is 13.5 Å². The molecular formula is C24H23NO4. The Morgan fingerprint density at radius 3 is 2.45 bits per heavy atom. The number of esters is 1. The number of aryl methyl sites for hydroxylation is 1. The van der Waals surface area contributed by atoms with Gasteiger partial charge in [-0.05, 0) is 54.4 Å². The van der Waals surface area contributed by atoms with Gasteiger partial charge in [0.25, 0.3) is 0 Å². The highest BCUT2D eigenvalue weighted by atomic mass is 16.5. The van der Waals surface area contributed by atoms with Crippen LogP contribution in [0.25, 0.3) is 6.08 Å². The first-order chi connectivity index (χ1) is 14.0. The summed E-state index contributed by atoms with van der Waals surface area (Å²) in [4.78, 5) is 24.9. The van der Waals surface area contributed by atoms with Gasteiger partial charge in [0.1, 0.15) is 5.75 Å². The zero-order chi connectivity index (χ0) is 20.8. The van der Waals surface area contributed by atoms with Gasteiger partial charge in [-0.3, -0.25) is 4.79 Å². The fourth-order valence-electron chi connectivity index (χ4n) is 3.12. The lowest BCUT2D eigenvalue weighted by Gasteiger charge is -2.07. The summed E-state index contributed by atoms with van der Waals surface area (Å²) in [5.41, 5.74) is 3.49. The van der Waals surface area contributed by atoms with E-state index in [1.54, 1.807) is 43.5 Å². The van der Waals surface area contributed by atoms with E-state index in [9.17, 15) is 9.59 Å². The monoisotopic (exact) mass is 389 g/mol. The normalized spacial score (nSPS) is 10.9. The summed E-state index contributed by atoms with van der Waals surface area (Å²) < 4.78 is 11.9. The maximum absolute atomic E-state index is 12.9. The highest BCUT2D eigenvalue weighted by Gasteiger charge is 2.14. The van der Waals surface area contributed by atoms with Crippen LogP contribution in [0.5, 0.6) is 5.75 Å². The lowest BCUT2D eigenvalue weighted by molar-refractivity contribution is 0.0600. The summed E-state index contributed by atoms with van der Waals surface area (Å²) >= 11 is 0. The first kappa shape index (κ1) is 20.1. The van der Waals surface area contributed by atoms with E-state index in [1.165, 1.54) is 7.11 Å². The van der Waals surface area contributed by atoms with Crippen LogP contribution in [0.1, 0.15) is 37.5 Å². The van der Waals surface area contributed by atoms with E-state index in [0.29, 0.717) is 29.1 Å². The van der Waals surface area contributed by atoms with E-state index >= 15 is 0 Å². The minimum absolute atomic E-state index is 0.0517. The molecule has 29 heavy (non-hydrogen) atoms. The van der Waals surface area contributed by atoms with Gasteiger partial charge >= 0.3 is 5.97 Å². The number of nitrogens with zero attached hydrogens (tertiary/aromatic N) is 1. The Labute approximate surface area is 170 Å². The molecule has 2 aromatic carbocycles. The molecular weight excluding hydrogens is 366 g/mol. The van der Waals surface area contributed by atoms with Gasteiger partial charge in [0.15, 0.2) is 0 Å². The van der Waals surface area contributed by atoms with E-state index in [4.69, 9.17) is 9.47 Å². The number of methoxy groups -OCH3 is 2. The topological polar surface area (TPSA) is 57.5 Å². The average molecular weight is 389 g/mol. The Morgan fingerprint density at radius 2 is 1.76 bits per heavy atom. The number of aromatic nitrogens is 1. The number of hydrogen-bond acceptors (Lipinski definition) is 4. The van der Waals surface area contributed by atoms with Gasteiger partial charge < -0.3 is 14.0 Å². The van der Waals surface area contributed by atoms with Crippen LogP contribution in [-0.4, -0.2) is 30.5 Å². The second kappa shape index (κ2) is 9.06. The van der Waals surface area contributed by atoms with Crippen LogP contribution in [0.2, 0.25) is 0 Å². The van der Waals surface area contributed by atoms with E-state index in [-0.39, 0.29) is 11.8 Å². The molecule has 0 N–H and O–H groups in total. The second-order valence-electron chi connectivity index (χ2n) is 6.59. The summed E-state index contributed by atoms with van der Waals surface area (Å²) in [5, 5.41) is 0. The van der Waals surface area contributed by atoms with Crippen LogP contribution < -0.4 is 4.74 Å². The van der Waals surface area contributed by atoms with Crippen molar-refractivity contribution in [3.63, 3.8) is 0 Å². The molecule has 0 aliphatic rings. The molecule has 0 aliphatic carbocycles. The smallest absolute Gasteiger partial charge is 0.338 e. The third kappa shape index (κ3) is 4.63. The highest BCUT2D eigenvalue weighted by Crippen LogP contribution is 2.18. The zero-order valence-electron chi connectivity index (χ0n) is 16.7. The molecule has 0 saturated carbocycles. The Bertz CT molecular complexity index is 1040. The molecule has 0 radical (unpaired) electrons. The Balaban J connectivity index is 1.82. The predicted octanol–water partition coefficient (Wildman–Crippen LogP) is 4.54. The fourth-order valence-corrected chi connectivity index (χ4v) is 3.12. The largest absolute Gasteiger partial charge is 0.497 e. The van der Waals surface area contributed by atoms with Crippen molar-refractivity contribution in [1.82, 2.24) is 4.57 Å². The highest BCUT2D eigenvalue weighted by molar-refractivity contribution is 6.08.